The smallest absolute Gasteiger partial charge is 0.744 e. The van der Waals surface area contributed by atoms with E-state index < -0.39 is 30.4 Å². The number of hydrogen-bond acceptors (Lipinski definition) is 14. The number of pyridine rings is 2. The third-order valence-corrected chi connectivity index (χ3v) is 7.62. The molecular weight excluding hydrogens is 777 g/mol. The van der Waals surface area contributed by atoms with Crippen LogP contribution in [0.15, 0.2) is 82.6 Å². The van der Waals surface area contributed by atoms with E-state index in [4.69, 9.17) is 40.6 Å². The molecule has 0 aliphatic rings. The summed E-state index contributed by atoms with van der Waals surface area (Å²) < 4.78 is 67.9. The van der Waals surface area contributed by atoms with Gasteiger partial charge in [-0.25, -0.2) is 16.8 Å². The second-order valence-corrected chi connectivity index (χ2v) is 11.6. The van der Waals surface area contributed by atoms with Gasteiger partial charge in [-0.2, -0.15) is 0 Å². The van der Waals surface area contributed by atoms with Gasteiger partial charge in [0.2, 0.25) is 0 Å². The molecule has 2 heterocycles. The summed E-state index contributed by atoms with van der Waals surface area (Å²) in [6.07, 6.45) is 0. The fourth-order valence-corrected chi connectivity index (χ4v) is 5.25. The number of benzene rings is 3. The van der Waals surface area contributed by atoms with Crippen molar-refractivity contribution in [2.75, 3.05) is 0 Å². The van der Waals surface area contributed by atoms with E-state index >= 15 is 0 Å². The van der Waals surface area contributed by atoms with Crippen molar-refractivity contribution in [1.29, 1.82) is 0 Å². The van der Waals surface area contributed by atoms with Crippen LogP contribution in [-0.4, -0.2) is 46.1 Å². The van der Waals surface area contributed by atoms with Gasteiger partial charge < -0.3 is 39.7 Å². The maximum absolute atomic E-state index is 11.3. The van der Waals surface area contributed by atoms with E-state index in [0.29, 0.717) is 11.0 Å². The number of aromatic nitrogens is 2. The standard InChI is InChI=1S/C26H20N2O6S2.2NO3.2Na.Pd/c1-15-13-23(17-3-7-19(8-4-17)35(29,30)31)21-11-12-22-24(14-16(2)28-26(22)25(21)27-15)18-5-9-20(10-6-18)36(32,33)34;2*2-1(3)4;;;/h3-14H,1-2H3,(H,29,30,31)(H,32,33,34);;;;;/q;2*-1;2*+1;+2/p-2. The van der Waals surface area contributed by atoms with E-state index in [-0.39, 0.29) is 89.3 Å². The van der Waals surface area contributed by atoms with E-state index in [2.05, 4.69) is 0 Å². The summed E-state index contributed by atoms with van der Waals surface area (Å²) in [4.78, 5) is 25.4. The van der Waals surface area contributed by atoms with Crippen LogP contribution in [0.4, 0.5) is 0 Å². The summed E-state index contributed by atoms with van der Waals surface area (Å²) in [5.41, 5.74) is 5.80. The van der Waals surface area contributed by atoms with Crippen LogP contribution in [0.3, 0.4) is 0 Å². The van der Waals surface area contributed by atoms with Crippen molar-refractivity contribution in [2.24, 2.45) is 0 Å². The van der Waals surface area contributed by atoms with Gasteiger partial charge in [0.25, 0.3) is 0 Å². The van der Waals surface area contributed by atoms with Gasteiger partial charge in [0.1, 0.15) is 20.2 Å². The van der Waals surface area contributed by atoms with Crippen molar-refractivity contribution >= 4 is 42.0 Å². The van der Waals surface area contributed by atoms with Crippen LogP contribution in [0, 0.1) is 44.5 Å². The molecule has 0 aliphatic heterocycles. The Balaban J connectivity index is 0.00000174. The number of rotatable bonds is 4. The predicted molar refractivity (Wildman–Crippen MR) is 154 cm³/mol. The van der Waals surface area contributed by atoms with E-state index in [1.54, 1.807) is 24.3 Å². The summed E-state index contributed by atoms with van der Waals surface area (Å²) in [6.45, 7) is 3.69. The molecule has 0 unspecified atom stereocenters. The SMILES string of the molecule is Cc1cc(-c2ccc(S(=O)(=O)[O-])cc2)c2ccc3c(-c4ccc(S(=O)(=O)[O-])cc4)cc(C)nc3c2n1.O=[N+]([O-])[O-].O=[N+]([O-])[O-].[Na+].[Na+].[Pd+2]. The first-order valence-electron chi connectivity index (χ1n) is 11.9. The van der Waals surface area contributed by atoms with Crippen molar-refractivity contribution < 1.29 is 116 Å². The molecule has 21 heteroatoms. The Morgan fingerprint density at radius 2 is 0.809 bits per heavy atom. The second-order valence-electron chi connectivity index (χ2n) is 8.88. The zero-order valence-corrected chi connectivity index (χ0v) is 31.9. The van der Waals surface area contributed by atoms with Crippen molar-refractivity contribution in [2.45, 2.75) is 23.6 Å². The van der Waals surface area contributed by atoms with Crippen LogP contribution in [0.25, 0.3) is 44.1 Å². The quantitative estimate of drug-likeness (QED) is 0.0630. The second kappa shape index (κ2) is 18.2. The average Bonchev–Trinajstić information content (AvgIpc) is 2.91. The van der Waals surface area contributed by atoms with Crippen LogP contribution in [0.2, 0.25) is 0 Å². The zero-order chi connectivity index (χ0) is 33.0. The van der Waals surface area contributed by atoms with Crippen molar-refractivity contribution in [1.82, 2.24) is 9.97 Å². The summed E-state index contributed by atoms with van der Waals surface area (Å²) in [5.74, 6) is 0. The summed E-state index contributed by atoms with van der Waals surface area (Å²) >= 11 is 0. The monoisotopic (exact) mass is 794 g/mol. The molecule has 0 spiro atoms. The minimum atomic E-state index is -4.55. The first-order chi connectivity index (χ1) is 20.4. The Hall–Kier alpha value is -2.64. The maximum Gasteiger partial charge on any atom is 2.00 e. The molecule has 5 rings (SSSR count). The average molecular weight is 795 g/mol. The zero-order valence-electron chi connectivity index (χ0n) is 24.7. The summed E-state index contributed by atoms with van der Waals surface area (Å²) in [7, 11) is -9.10. The number of nitrogens with zero attached hydrogens (tertiary/aromatic N) is 4. The molecule has 0 atom stereocenters. The Labute approximate surface area is 325 Å². The molecule has 47 heavy (non-hydrogen) atoms. The fraction of sp³-hybridized carbons (Fsp3) is 0.0769. The topological polar surface area (TPSA) is 273 Å². The third kappa shape index (κ3) is 12.1. The van der Waals surface area contributed by atoms with Crippen LogP contribution in [-0.2, 0) is 40.7 Å². The number of aryl methyl sites for hydroxylation is 2. The fourth-order valence-electron chi connectivity index (χ4n) is 4.31. The van der Waals surface area contributed by atoms with E-state index in [1.165, 1.54) is 24.3 Å². The van der Waals surface area contributed by atoms with Crippen LogP contribution in [0.1, 0.15) is 11.4 Å². The Morgan fingerprint density at radius 3 is 1.04 bits per heavy atom. The van der Waals surface area contributed by atoms with E-state index in [1.807, 2.05) is 38.1 Å². The molecule has 0 saturated heterocycles. The molecule has 0 N–H and O–H groups in total. The molecule has 0 saturated carbocycles. The van der Waals surface area contributed by atoms with Crippen molar-refractivity contribution in [3.05, 3.63) is 115 Å². The molecule has 2 aromatic heterocycles. The minimum Gasteiger partial charge on any atom is -0.744 e. The van der Waals surface area contributed by atoms with Gasteiger partial charge in [-0.15, -0.1) is 0 Å². The molecule has 0 aliphatic carbocycles. The third-order valence-electron chi connectivity index (χ3n) is 5.92. The Kier molecular flexibility index (Phi) is 17.2. The molecule has 238 valence electrons. The first kappa shape index (κ1) is 44.4. The van der Waals surface area contributed by atoms with Crippen molar-refractivity contribution in [3.8, 4) is 22.3 Å². The van der Waals surface area contributed by atoms with Gasteiger partial charge in [0, 0.05) is 22.2 Å². The summed E-state index contributed by atoms with van der Waals surface area (Å²) in [6, 6.07) is 19.0. The maximum atomic E-state index is 11.3. The van der Waals surface area contributed by atoms with E-state index in [9.17, 15) is 25.9 Å². The predicted octanol–water partition coefficient (Wildman–Crippen LogP) is -1.93. The van der Waals surface area contributed by atoms with Crippen molar-refractivity contribution in [3.63, 3.8) is 0 Å². The van der Waals surface area contributed by atoms with Gasteiger partial charge in [-0.1, -0.05) is 36.4 Å². The number of fused-ring (bicyclic) bond motifs is 3. The molecule has 0 radical (unpaired) electrons. The van der Waals surface area contributed by atoms with Gasteiger partial charge >= 0.3 is 79.5 Å². The van der Waals surface area contributed by atoms with Crippen LogP contribution >= 0.6 is 0 Å². The van der Waals surface area contributed by atoms with Gasteiger partial charge in [-0.3, -0.25) is 9.97 Å². The molecule has 5 aromatic rings. The molecular formula is C26H18N4Na2O12PdS2. The van der Waals surface area contributed by atoms with Gasteiger partial charge in [0.05, 0.1) is 31.0 Å². The van der Waals surface area contributed by atoms with Crippen LogP contribution in [0.5, 0.6) is 0 Å². The molecule has 0 fully saturated rings. The Morgan fingerprint density at radius 1 is 0.553 bits per heavy atom. The Bertz CT molecular complexity index is 1960. The minimum absolute atomic E-state index is 0. The van der Waals surface area contributed by atoms with E-state index in [0.717, 1.165) is 44.4 Å². The normalized spacial score (nSPS) is 10.5. The largest absolute Gasteiger partial charge is 2.00 e. The number of hydrogen-bond donors (Lipinski definition) is 0. The summed E-state index contributed by atoms with van der Waals surface area (Å²) in [5, 5.41) is 31.1. The molecule has 0 amide bonds. The van der Waals surface area contributed by atoms with Gasteiger partial charge in [-0.05, 0) is 72.5 Å². The molecule has 16 nitrogen and oxygen atoms in total. The molecule has 3 aromatic carbocycles. The van der Waals surface area contributed by atoms with Gasteiger partial charge in [0.15, 0.2) is 0 Å². The van der Waals surface area contributed by atoms with Crippen LogP contribution < -0.4 is 59.1 Å². The molecule has 0 bridgehead atoms. The first-order valence-corrected chi connectivity index (χ1v) is 14.7.